The van der Waals surface area contributed by atoms with Crippen molar-refractivity contribution >= 4 is 23.6 Å². The molecule has 2 aromatic carbocycles. The minimum Gasteiger partial charge on any atom is -0.496 e. The van der Waals surface area contributed by atoms with Gasteiger partial charge in [-0.25, -0.2) is 0 Å². The molecule has 0 saturated carbocycles. The standard InChI is InChI=1S/C18H17N5O3S/c1-12-7-3-5-9-14(12)23-18(20-21-22-23)27-11-16(24)19-17(25)13-8-4-6-10-15(13)26-2/h3-10H,11H2,1-2H3,(H,19,24,25). The molecule has 9 heteroatoms. The number of para-hydroxylation sites is 2. The quantitative estimate of drug-likeness (QED) is 0.650. The van der Waals surface area contributed by atoms with E-state index in [-0.39, 0.29) is 5.75 Å². The van der Waals surface area contributed by atoms with Gasteiger partial charge in [-0.3, -0.25) is 14.9 Å². The molecule has 138 valence electrons. The summed E-state index contributed by atoms with van der Waals surface area (Å²) in [6.07, 6.45) is 0. The number of carbonyl (C=O) groups is 2. The summed E-state index contributed by atoms with van der Waals surface area (Å²) < 4.78 is 6.70. The Morgan fingerprint density at radius 1 is 1.15 bits per heavy atom. The topological polar surface area (TPSA) is 99.0 Å². The highest BCUT2D eigenvalue weighted by molar-refractivity contribution is 7.99. The first-order chi connectivity index (χ1) is 13.1. The second-order valence-corrected chi connectivity index (χ2v) is 6.47. The van der Waals surface area contributed by atoms with Crippen LogP contribution >= 0.6 is 11.8 Å². The maximum absolute atomic E-state index is 12.3. The van der Waals surface area contributed by atoms with Gasteiger partial charge < -0.3 is 4.74 Å². The van der Waals surface area contributed by atoms with Crippen LogP contribution in [0.15, 0.2) is 53.7 Å². The molecule has 0 radical (unpaired) electrons. The Morgan fingerprint density at radius 3 is 2.67 bits per heavy atom. The summed E-state index contributed by atoms with van der Waals surface area (Å²) in [6.45, 7) is 1.95. The molecule has 0 atom stereocenters. The van der Waals surface area contributed by atoms with Crippen LogP contribution in [0.4, 0.5) is 0 Å². The number of nitrogens with one attached hydrogen (secondary N) is 1. The van der Waals surface area contributed by atoms with Gasteiger partial charge in [0.15, 0.2) is 0 Å². The maximum atomic E-state index is 12.3. The van der Waals surface area contributed by atoms with Crippen LogP contribution < -0.4 is 10.1 Å². The van der Waals surface area contributed by atoms with Gasteiger partial charge in [-0.15, -0.1) is 5.10 Å². The number of aromatic nitrogens is 4. The second kappa shape index (κ2) is 8.45. The van der Waals surface area contributed by atoms with E-state index in [1.807, 2.05) is 31.2 Å². The van der Waals surface area contributed by atoms with Crippen molar-refractivity contribution in [3.05, 3.63) is 59.7 Å². The number of benzene rings is 2. The third-order valence-corrected chi connectivity index (χ3v) is 4.64. The lowest BCUT2D eigenvalue weighted by molar-refractivity contribution is -0.117. The highest BCUT2D eigenvalue weighted by Gasteiger charge is 2.17. The van der Waals surface area contributed by atoms with E-state index in [0.29, 0.717) is 16.5 Å². The van der Waals surface area contributed by atoms with Gasteiger partial charge >= 0.3 is 0 Å². The van der Waals surface area contributed by atoms with Gasteiger partial charge in [0.25, 0.3) is 5.91 Å². The first kappa shape index (κ1) is 18.6. The van der Waals surface area contributed by atoms with Crippen LogP contribution in [-0.4, -0.2) is 44.9 Å². The number of nitrogens with zero attached hydrogens (tertiary/aromatic N) is 4. The third kappa shape index (κ3) is 4.32. The number of thioether (sulfide) groups is 1. The number of carbonyl (C=O) groups excluding carboxylic acids is 2. The van der Waals surface area contributed by atoms with Crippen LogP contribution in [0.1, 0.15) is 15.9 Å². The molecule has 27 heavy (non-hydrogen) atoms. The monoisotopic (exact) mass is 383 g/mol. The highest BCUT2D eigenvalue weighted by atomic mass is 32.2. The average molecular weight is 383 g/mol. The van der Waals surface area contributed by atoms with E-state index in [2.05, 4.69) is 20.8 Å². The fraction of sp³-hybridized carbons (Fsp3) is 0.167. The molecule has 0 spiro atoms. The summed E-state index contributed by atoms with van der Waals surface area (Å²) in [7, 11) is 1.47. The zero-order valence-electron chi connectivity index (χ0n) is 14.7. The predicted molar refractivity (Wildman–Crippen MR) is 100 cm³/mol. The Morgan fingerprint density at radius 2 is 1.89 bits per heavy atom. The molecular formula is C18H17N5O3S. The van der Waals surface area contributed by atoms with E-state index in [9.17, 15) is 9.59 Å². The molecule has 8 nitrogen and oxygen atoms in total. The van der Waals surface area contributed by atoms with E-state index >= 15 is 0 Å². The summed E-state index contributed by atoms with van der Waals surface area (Å²) in [5.74, 6) is -0.571. The first-order valence-electron chi connectivity index (χ1n) is 8.04. The first-order valence-corrected chi connectivity index (χ1v) is 9.03. The van der Waals surface area contributed by atoms with Gasteiger partial charge in [0.05, 0.1) is 24.1 Å². The molecule has 1 N–H and O–H groups in total. The molecule has 0 unspecified atom stereocenters. The Hall–Kier alpha value is -3.20. The molecule has 1 heterocycles. The summed E-state index contributed by atoms with van der Waals surface area (Å²) >= 11 is 1.14. The van der Waals surface area contributed by atoms with Crippen molar-refractivity contribution in [2.45, 2.75) is 12.1 Å². The maximum Gasteiger partial charge on any atom is 0.261 e. The van der Waals surface area contributed by atoms with Crippen molar-refractivity contribution < 1.29 is 14.3 Å². The van der Waals surface area contributed by atoms with Crippen molar-refractivity contribution in [2.75, 3.05) is 12.9 Å². The van der Waals surface area contributed by atoms with E-state index in [4.69, 9.17) is 4.74 Å². The van der Waals surface area contributed by atoms with Gasteiger partial charge in [-0.05, 0) is 41.1 Å². The Bertz CT molecular complexity index is 973. The summed E-state index contributed by atoms with van der Waals surface area (Å²) in [5, 5.41) is 14.4. The number of amides is 2. The third-order valence-electron chi connectivity index (χ3n) is 3.72. The number of aryl methyl sites for hydroxylation is 1. The van der Waals surface area contributed by atoms with Crippen LogP contribution in [0, 0.1) is 6.92 Å². The van der Waals surface area contributed by atoms with Gasteiger partial charge in [-0.2, -0.15) is 4.68 Å². The zero-order valence-corrected chi connectivity index (χ0v) is 15.6. The van der Waals surface area contributed by atoms with Crippen LogP contribution in [0.3, 0.4) is 0 Å². The Labute approximate surface area is 159 Å². The fourth-order valence-electron chi connectivity index (χ4n) is 2.41. The number of hydrogen-bond donors (Lipinski definition) is 1. The van der Waals surface area contributed by atoms with Crippen LogP contribution in [0.5, 0.6) is 5.75 Å². The molecule has 0 aliphatic heterocycles. The summed E-state index contributed by atoms with van der Waals surface area (Å²) in [6, 6.07) is 14.3. The van der Waals surface area contributed by atoms with Crippen molar-refractivity contribution in [1.82, 2.24) is 25.5 Å². The summed E-state index contributed by atoms with van der Waals surface area (Å²) in [5.41, 5.74) is 2.13. The van der Waals surface area contributed by atoms with E-state index in [1.54, 1.807) is 28.9 Å². The van der Waals surface area contributed by atoms with E-state index in [1.165, 1.54) is 7.11 Å². The van der Waals surface area contributed by atoms with Gasteiger partial charge in [0.1, 0.15) is 5.75 Å². The SMILES string of the molecule is COc1ccccc1C(=O)NC(=O)CSc1nnnn1-c1ccccc1C. The molecule has 0 aliphatic rings. The van der Waals surface area contributed by atoms with Crippen molar-refractivity contribution in [3.8, 4) is 11.4 Å². The van der Waals surface area contributed by atoms with Crippen molar-refractivity contribution in [3.63, 3.8) is 0 Å². The van der Waals surface area contributed by atoms with Gasteiger partial charge in [-0.1, -0.05) is 42.1 Å². The van der Waals surface area contributed by atoms with Crippen LogP contribution in [0.2, 0.25) is 0 Å². The molecule has 0 bridgehead atoms. The largest absolute Gasteiger partial charge is 0.496 e. The zero-order chi connectivity index (χ0) is 19.2. The Balaban J connectivity index is 1.65. The number of ether oxygens (including phenoxy) is 1. The van der Waals surface area contributed by atoms with Crippen LogP contribution in [0.25, 0.3) is 5.69 Å². The van der Waals surface area contributed by atoms with Crippen molar-refractivity contribution in [2.24, 2.45) is 0 Å². The predicted octanol–water partition coefficient (Wildman–Crippen LogP) is 2.03. The number of methoxy groups -OCH3 is 1. The minimum atomic E-state index is -0.517. The van der Waals surface area contributed by atoms with E-state index in [0.717, 1.165) is 23.0 Å². The lowest BCUT2D eigenvalue weighted by Gasteiger charge is -2.09. The molecule has 0 saturated heterocycles. The molecule has 2 amide bonds. The number of tetrazole rings is 1. The number of rotatable bonds is 6. The average Bonchev–Trinajstić information content (AvgIpc) is 3.15. The number of hydrogen-bond acceptors (Lipinski definition) is 7. The van der Waals surface area contributed by atoms with Crippen molar-refractivity contribution in [1.29, 1.82) is 0 Å². The number of imide groups is 1. The van der Waals surface area contributed by atoms with Crippen LogP contribution in [-0.2, 0) is 4.79 Å². The smallest absolute Gasteiger partial charge is 0.261 e. The lowest BCUT2D eigenvalue weighted by atomic mass is 10.2. The Kier molecular flexibility index (Phi) is 5.82. The molecule has 0 fully saturated rings. The fourth-order valence-corrected chi connectivity index (χ4v) is 3.10. The molecule has 0 aliphatic carbocycles. The van der Waals surface area contributed by atoms with Gasteiger partial charge in [0, 0.05) is 0 Å². The molecule has 1 aromatic heterocycles. The van der Waals surface area contributed by atoms with E-state index < -0.39 is 11.8 Å². The lowest BCUT2D eigenvalue weighted by Crippen LogP contribution is -2.32. The molecule has 3 rings (SSSR count). The summed E-state index contributed by atoms with van der Waals surface area (Å²) in [4.78, 5) is 24.4. The second-order valence-electron chi connectivity index (χ2n) is 5.53. The molecular weight excluding hydrogens is 366 g/mol. The molecule has 3 aromatic rings. The normalized spacial score (nSPS) is 10.4. The minimum absolute atomic E-state index is 0.00680. The highest BCUT2D eigenvalue weighted by Crippen LogP contribution is 2.20. The van der Waals surface area contributed by atoms with Gasteiger partial charge in [0.2, 0.25) is 11.1 Å².